The van der Waals surface area contributed by atoms with Gasteiger partial charge in [0.25, 0.3) is 11.8 Å². The van der Waals surface area contributed by atoms with E-state index in [9.17, 15) is 9.59 Å². The smallest absolute Gasteiger partial charge is 0.262 e. The molecule has 0 spiro atoms. The summed E-state index contributed by atoms with van der Waals surface area (Å²) in [5.41, 5.74) is 3.28. The predicted molar refractivity (Wildman–Crippen MR) is 126 cm³/mol. The highest BCUT2D eigenvalue weighted by atomic mass is 35.5. The van der Waals surface area contributed by atoms with Gasteiger partial charge in [-0.1, -0.05) is 49.0 Å². The number of para-hydroxylation sites is 1. The van der Waals surface area contributed by atoms with E-state index in [0.717, 1.165) is 0 Å². The van der Waals surface area contributed by atoms with Crippen LogP contribution in [-0.4, -0.2) is 37.8 Å². The van der Waals surface area contributed by atoms with Crippen LogP contribution in [0.5, 0.6) is 11.5 Å². The van der Waals surface area contributed by atoms with Crippen LogP contribution in [0.3, 0.4) is 0 Å². The molecule has 2 rings (SSSR count). The summed E-state index contributed by atoms with van der Waals surface area (Å²) >= 11 is 11.9. The Hall–Kier alpha value is -3.21. The molecule has 2 aromatic carbocycles. The Labute approximate surface area is 197 Å². The Morgan fingerprint density at radius 1 is 1.22 bits per heavy atom. The van der Waals surface area contributed by atoms with Crippen LogP contribution in [0.25, 0.3) is 0 Å². The van der Waals surface area contributed by atoms with Crippen LogP contribution in [0.2, 0.25) is 10.0 Å². The highest BCUT2D eigenvalue weighted by Crippen LogP contribution is 2.30. The number of methoxy groups -OCH3 is 1. The van der Waals surface area contributed by atoms with Gasteiger partial charge in [0.2, 0.25) is 0 Å². The lowest BCUT2D eigenvalue weighted by molar-refractivity contribution is -0.123. The summed E-state index contributed by atoms with van der Waals surface area (Å²) < 4.78 is 10.8. The number of amides is 2. The molecular formula is C23H23Cl2N3O4. The van der Waals surface area contributed by atoms with Gasteiger partial charge in [-0.3, -0.25) is 9.59 Å². The maximum atomic E-state index is 12.7. The van der Waals surface area contributed by atoms with Gasteiger partial charge in [0.05, 0.1) is 23.4 Å². The monoisotopic (exact) mass is 475 g/mol. The van der Waals surface area contributed by atoms with Crippen LogP contribution < -0.4 is 20.2 Å². The van der Waals surface area contributed by atoms with Crippen LogP contribution in [0.4, 0.5) is 0 Å². The lowest BCUT2D eigenvalue weighted by Gasteiger charge is -2.20. The molecule has 0 heterocycles. The molecule has 0 fully saturated rings. The summed E-state index contributed by atoms with van der Waals surface area (Å²) in [4.78, 5) is 25.2. The summed E-state index contributed by atoms with van der Waals surface area (Å²) in [7, 11) is 1.50. The zero-order valence-electron chi connectivity index (χ0n) is 17.8. The Bertz CT molecular complexity index is 1050. The van der Waals surface area contributed by atoms with Gasteiger partial charge in [-0.15, -0.1) is 6.42 Å². The number of ether oxygens (including phenoxy) is 2. The number of nitrogens with zero attached hydrogens (tertiary/aromatic N) is 1. The van der Waals surface area contributed by atoms with Crippen LogP contribution in [0.15, 0.2) is 41.5 Å². The zero-order valence-corrected chi connectivity index (χ0v) is 19.3. The Morgan fingerprint density at radius 3 is 2.59 bits per heavy atom. The summed E-state index contributed by atoms with van der Waals surface area (Å²) in [6.07, 6.45) is 6.67. The van der Waals surface area contributed by atoms with Gasteiger partial charge in [0.1, 0.15) is 12.6 Å². The van der Waals surface area contributed by atoms with E-state index in [0.29, 0.717) is 22.1 Å². The molecular weight excluding hydrogens is 453 g/mol. The average molecular weight is 476 g/mol. The van der Waals surface area contributed by atoms with E-state index in [-0.39, 0.29) is 23.1 Å². The fourth-order valence-corrected chi connectivity index (χ4v) is 2.99. The molecule has 2 aromatic rings. The second kappa shape index (κ2) is 12.0. The lowest BCUT2D eigenvalue weighted by atomic mass is 10.0. The van der Waals surface area contributed by atoms with E-state index < -0.39 is 17.9 Å². The van der Waals surface area contributed by atoms with E-state index >= 15 is 0 Å². The van der Waals surface area contributed by atoms with Crippen molar-refractivity contribution >= 4 is 41.2 Å². The molecule has 0 saturated carbocycles. The highest BCUT2D eigenvalue weighted by molar-refractivity contribution is 6.42. The van der Waals surface area contributed by atoms with E-state index in [1.807, 2.05) is 0 Å². The molecule has 1 unspecified atom stereocenters. The average Bonchev–Trinajstić information content (AvgIpc) is 2.77. The number of carbonyl (C=O) groups is 2. The van der Waals surface area contributed by atoms with Crippen LogP contribution in [-0.2, 0) is 4.79 Å². The van der Waals surface area contributed by atoms with Crippen molar-refractivity contribution in [2.45, 2.75) is 19.9 Å². The SMILES string of the molecule is C#CCOc1c(/C=N/NC(=O)C(NC(=O)c2ccc(Cl)c(Cl)c2)C(C)C)cccc1OC. The van der Waals surface area contributed by atoms with Crippen molar-refractivity contribution < 1.29 is 19.1 Å². The second-order valence-electron chi connectivity index (χ2n) is 6.93. The Morgan fingerprint density at radius 2 is 1.97 bits per heavy atom. The molecule has 9 heteroatoms. The summed E-state index contributed by atoms with van der Waals surface area (Å²) in [5.74, 6) is 2.11. The van der Waals surface area contributed by atoms with Gasteiger partial charge >= 0.3 is 0 Å². The molecule has 2 amide bonds. The van der Waals surface area contributed by atoms with E-state index in [4.69, 9.17) is 39.1 Å². The maximum Gasteiger partial charge on any atom is 0.262 e. The molecule has 168 valence electrons. The van der Waals surface area contributed by atoms with Crippen molar-refractivity contribution in [2.75, 3.05) is 13.7 Å². The number of benzene rings is 2. The topological polar surface area (TPSA) is 89.0 Å². The number of rotatable bonds is 9. The molecule has 0 aliphatic heterocycles. The molecule has 0 aliphatic rings. The summed E-state index contributed by atoms with van der Waals surface area (Å²) in [6.45, 7) is 3.65. The number of hydrogen-bond acceptors (Lipinski definition) is 5. The summed E-state index contributed by atoms with van der Waals surface area (Å²) in [6, 6.07) is 8.84. The summed E-state index contributed by atoms with van der Waals surface area (Å²) in [5, 5.41) is 7.26. The molecule has 1 atom stereocenters. The molecule has 0 aliphatic carbocycles. The normalized spacial score (nSPS) is 11.7. The van der Waals surface area contributed by atoms with E-state index in [1.165, 1.54) is 31.5 Å². The molecule has 0 saturated heterocycles. The quantitative estimate of drug-likeness (QED) is 0.326. The minimum atomic E-state index is -0.837. The maximum absolute atomic E-state index is 12.7. The minimum Gasteiger partial charge on any atom is -0.493 e. The largest absolute Gasteiger partial charge is 0.493 e. The second-order valence-corrected chi connectivity index (χ2v) is 7.74. The Kier molecular flexibility index (Phi) is 9.39. The third-order valence-electron chi connectivity index (χ3n) is 4.33. The first-order valence-electron chi connectivity index (χ1n) is 9.60. The van der Waals surface area contributed by atoms with Crippen molar-refractivity contribution in [1.82, 2.24) is 10.7 Å². The van der Waals surface area contributed by atoms with Gasteiger partial charge in [-0.05, 0) is 36.2 Å². The number of terminal acetylenes is 1. The lowest BCUT2D eigenvalue weighted by Crippen LogP contribution is -2.48. The van der Waals surface area contributed by atoms with Crippen molar-refractivity contribution in [3.05, 3.63) is 57.6 Å². The van der Waals surface area contributed by atoms with Crippen LogP contribution in [0, 0.1) is 18.3 Å². The zero-order chi connectivity index (χ0) is 23.7. The highest BCUT2D eigenvalue weighted by Gasteiger charge is 2.25. The first-order valence-corrected chi connectivity index (χ1v) is 10.4. The molecule has 2 N–H and O–H groups in total. The van der Waals surface area contributed by atoms with Gasteiger partial charge in [0.15, 0.2) is 11.5 Å². The first-order chi connectivity index (χ1) is 15.3. The van der Waals surface area contributed by atoms with Crippen molar-refractivity contribution in [1.29, 1.82) is 0 Å². The molecule has 7 nitrogen and oxygen atoms in total. The van der Waals surface area contributed by atoms with Crippen molar-refractivity contribution in [3.63, 3.8) is 0 Å². The fraction of sp³-hybridized carbons (Fsp3) is 0.261. The molecule has 0 radical (unpaired) electrons. The number of nitrogens with one attached hydrogen (secondary N) is 2. The van der Waals surface area contributed by atoms with Crippen LogP contribution >= 0.6 is 23.2 Å². The number of halogens is 2. The van der Waals surface area contributed by atoms with Crippen LogP contribution in [0.1, 0.15) is 29.8 Å². The number of hydrogen-bond donors (Lipinski definition) is 2. The fourth-order valence-electron chi connectivity index (χ4n) is 2.70. The first kappa shape index (κ1) is 25.1. The molecule has 0 aromatic heterocycles. The number of carbonyl (C=O) groups excluding carboxylic acids is 2. The van der Waals surface area contributed by atoms with Gasteiger partial charge in [-0.25, -0.2) is 5.43 Å². The van der Waals surface area contributed by atoms with Crippen molar-refractivity contribution in [2.24, 2.45) is 11.0 Å². The minimum absolute atomic E-state index is 0.0454. The van der Waals surface area contributed by atoms with Crippen molar-refractivity contribution in [3.8, 4) is 23.8 Å². The third kappa shape index (κ3) is 6.64. The van der Waals surface area contributed by atoms with E-state index in [2.05, 4.69) is 21.8 Å². The standard InChI is InChI=1S/C23H23Cl2N3O4/c1-5-11-32-21-16(7-6-8-19(21)31-4)13-26-28-23(30)20(14(2)3)27-22(29)15-9-10-17(24)18(25)12-15/h1,6-10,12-14,20H,11H2,2-4H3,(H,27,29)(H,28,30)/b26-13+. The Balaban J connectivity index is 2.12. The van der Waals surface area contributed by atoms with Gasteiger partial charge in [-0.2, -0.15) is 5.10 Å². The molecule has 32 heavy (non-hydrogen) atoms. The van der Waals surface area contributed by atoms with Gasteiger partial charge < -0.3 is 14.8 Å². The van der Waals surface area contributed by atoms with Gasteiger partial charge in [0, 0.05) is 11.1 Å². The number of hydrazone groups is 1. The third-order valence-corrected chi connectivity index (χ3v) is 5.06. The molecule has 0 bridgehead atoms. The van der Waals surface area contributed by atoms with E-state index in [1.54, 1.807) is 32.0 Å². The predicted octanol–water partition coefficient (Wildman–Crippen LogP) is 3.92.